The number of carbonyl (C=O) groups excluding carboxylic acids is 1. The molecule has 0 amide bonds. The van der Waals surface area contributed by atoms with Gasteiger partial charge in [-0.1, -0.05) is 13.3 Å². The average molecular weight is 282 g/mol. The van der Waals surface area contributed by atoms with Crippen LogP contribution in [0.3, 0.4) is 0 Å². The van der Waals surface area contributed by atoms with Gasteiger partial charge < -0.3 is 15.3 Å². The van der Waals surface area contributed by atoms with Gasteiger partial charge >= 0.3 is 11.9 Å². The second-order valence-electron chi connectivity index (χ2n) is 4.71. The molecule has 0 heterocycles. The monoisotopic (exact) mass is 282 g/mol. The van der Waals surface area contributed by atoms with E-state index in [-0.39, 0.29) is 5.48 Å². The van der Waals surface area contributed by atoms with Crippen molar-refractivity contribution in [1.29, 1.82) is 0 Å². The number of carboxylic acid groups (broad SMARTS) is 1. The normalized spacial score (nSPS) is 9.80. The number of carboxylic acids is 1. The van der Waals surface area contributed by atoms with Crippen molar-refractivity contribution < 1.29 is 24.9 Å². The summed E-state index contributed by atoms with van der Waals surface area (Å²) in [6, 6.07) is 1.79. The number of benzene rings is 1. The number of carbonyl (C=O) groups is 2. The first-order chi connectivity index (χ1) is 8.88. The molecule has 0 atom stereocenters. The molecule has 0 spiro atoms. The molecule has 0 saturated heterocycles. The molecule has 5 heteroatoms. The molecule has 1 aromatic carbocycles. The maximum Gasteiger partial charge on any atom is 0.422 e. The molecular formula is C15H22O5. The van der Waals surface area contributed by atoms with Crippen molar-refractivity contribution >= 4 is 11.9 Å². The fourth-order valence-electron chi connectivity index (χ4n) is 1.96. The Hall–Kier alpha value is -1.88. The second-order valence-corrected chi connectivity index (χ2v) is 4.71. The van der Waals surface area contributed by atoms with Crippen LogP contribution in [0.1, 0.15) is 42.0 Å². The molecule has 0 saturated carbocycles. The van der Waals surface area contributed by atoms with E-state index in [0.29, 0.717) is 5.75 Å². The van der Waals surface area contributed by atoms with E-state index < -0.39 is 11.9 Å². The van der Waals surface area contributed by atoms with Crippen LogP contribution in [-0.4, -0.2) is 22.5 Å². The number of unbranched alkanes of at least 4 members (excludes halogenated alkanes) is 1. The lowest BCUT2D eigenvalue weighted by atomic mass is 9.95. The molecule has 0 bridgehead atoms. The lowest BCUT2D eigenvalue weighted by Gasteiger charge is -2.15. The summed E-state index contributed by atoms with van der Waals surface area (Å²) in [5.74, 6) is -2.47. The summed E-state index contributed by atoms with van der Waals surface area (Å²) in [7, 11) is 0. The smallest absolute Gasteiger partial charge is 0.422 e. The van der Waals surface area contributed by atoms with E-state index in [1.165, 1.54) is 5.56 Å². The van der Waals surface area contributed by atoms with Gasteiger partial charge in [0.1, 0.15) is 5.75 Å². The molecule has 0 aliphatic rings. The molecule has 0 unspecified atom stereocenters. The molecule has 0 radical (unpaired) electrons. The number of rotatable bonds is 4. The van der Waals surface area contributed by atoms with Gasteiger partial charge in [-0.15, -0.1) is 0 Å². The summed E-state index contributed by atoms with van der Waals surface area (Å²) in [4.78, 5) is 21.7. The summed E-state index contributed by atoms with van der Waals surface area (Å²) in [6.07, 6.45) is 3.04. The largest absolute Gasteiger partial charge is 0.473 e. The summed E-state index contributed by atoms with van der Waals surface area (Å²) < 4.78 is 4.92. The van der Waals surface area contributed by atoms with Crippen LogP contribution < -0.4 is 4.74 Å². The number of aliphatic carboxylic acids is 1. The van der Waals surface area contributed by atoms with Gasteiger partial charge in [0.25, 0.3) is 0 Å². The van der Waals surface area contributed by atoms with E-state index in [2.05, 4.69) is 6.92 Å². The number of esters is 1. The molecule has 20 heavy (non-hydrogen) atoms. The Balaban J connectivity index is 0.00000361. The minimum Gasteiger partial charge on any atom is -0.473 e. The zero-order valence-corrected chi connectivity index (χ0v) is 12.4. The number of ether oxygens (including phenoxy) is 1. The second kappa shape index (κ2) is 7.65. The van der Waals surface area contributed by atoms with E-state index in [1.54, 1.807) is 6.07 Å². The molecule has 1 aromatic rings. The number of hydrogen-bond donors (Lipinski definition) is 1. The van der Waals surface area contributed by atoms with Crippen LogP contribution in [0.4, 0.5) is 0 Å². The van der Waals surface area contributed by atoms with E-state index in [1.807, 2.05) is 20.8 Å². The minimum absolute atomic E-state index is 0. The van der Waals surface area contributed by atoms with Crippen molar-refractivity contribution in [3.8, 4) is 5.75 Å². The third-order valence-electron chi connectivity index (χ3n) is 3.46. The molecule has 3 N–H and O–H groups in total. The highest BCUT2D eigenvalue weighted by Gasteiger charge is 2.18. The predicted octanol–water partition coefficient (Wildman–Crippen LogP) is 2.12. The predicted molar refractivity (Wildman–Crippen MR) is 76.1 cm³/mol. The van der Waals surface area contributed by atoms with Gasteiger partial charge in [0, 0.05) is 0 Å². The van der Waals surface area contributed by atoms with Crippen LogP contribution in [-0.2, 0) is 16.0 Å². The van der Waals surface area contributed by atoms with Gasteiger partial charge in [-0.2, -0.15) is 0 Å². The van der Waals surface area contributed by atoms with Crippen LogP contribution in [0.25, 0.3) is 0 Å². The highest BCUT2D eigenvalue weighted by molar-refractivity contribution is 6.29. The van der Waals surface area contributed by atoms with Crippen molar-refractivity contribution in [1.82, 2.24) is 0 Å². The number of hydrogen-bond acceptors (Lipinski definition) is 3. The Bertz CT molecular complexity index is 505. The minimum atomic E-state index is -1.58. The molecule has 0 aliphatic carbocycles. The quantitative estimate of drug-likeness (QED) is 0.520. The standard InChI is InChI=1S/C15H20O4.H2O/c1-5-6-7-12-8-13(19-15(18)14(16)17)11(4)9(2)10(12)3;/h8H,5-7H2,1-4H3,(H,16,17);1H2. The summed E-state index contributed by atoms with van der Waals surface area (Å²) in [5, 5.41) is 8.59. The summed E-state index contributed by atoms with van der Waals surface area (Å²) >= 11 is 0. The maximum atomic E-state index is 11.2. The molecule has 5 nitrogen and oxygen atoms in total. The molecular weight excluding hydrogens is 260 g/mol. The van der Waals surface area contributed by atoms with Gasteiger partial charge in [-0.05, 0) is 61.9 Å². The molecule has 112 valence electrons. The Morgan fingerprint density at radius 1 is 1.15 bits per heavy atom. The van der Waals surface area contributed by atoms with Gasteiger partial charge in [0.2, 0.25) is 0 Å². The molecule has 1 rings (SSSR count). The van der Waals surface area contributed by atoms with Crippen molar-refractivity contribution in [3.63, 3.8) is 0 Å². The van der Waals surface area contributed by atoms with Crippen LogP contribution in [0.15, 0.2) is 6.07 Å². The Morgan fingerprint density at radius 2 is 1.75 bits per heavy atom. The Morgan fingerprint density at radius 3 is 2.25 bits per heavy atom. The van der Waals surface area contributed by atoms with Crippen molar-refractivity contribution in [2.24, 2.45) is 0 Å². The van der Waals surface area contributed by atoms with Crippen molar-refractivity contribution in [2.75, 3.05) is 0 Å². The first-order valence-corrected chi connectivity index (χ1v) is 6.43. The van der Waals surface area contributed by atoms with Gasteiger partial charge in [0.05, 0.1) is 0 Å². The Labute approximate surface area is 118 Å². The van der Waals surface area contributed by atoms with Gasteiger partial charge in [-0.3, -0.25) is 0 Å². The van der Waals surface area contributed by atoms with E-state index in [9.17, 15) is 9.59 Å². The fraction of sp³-hybridized carbons (Fsp3) is 0.467. The van der Waals surface area contributed by atoms with Gasteiger partial charge in [0.15, 0.2) is 0 Å². The van der Waals surface area contributed by atoms with Gasteiger partial charge in [-0.25, -0.2) is 9.59 Å². The third kappa shape index (κ3) is 4.06. The van der Waals surface area contributed by atoms with Crippen LogP contribution in [0.5, 0.6) is 5.75 Å². The highest BCUT2D eigenvalue weighted by Crippen LogP contribution is 2.28. The molecule has 0 aliphatic heterocycles. The highest BCUT2D eigenvalue weighted by atomic mass is 16.6. The van der Waals surface area contributed by atoms with E-state index >= 15 is 0 Å². The number of aryl methyl sites for hydroxylation is 1. The van der Waals surface area contributed by atoms with Crippen molar-refractivity contribution in [2.45, 2.75) is 47.0 Å². The summed E-state index contributed by atoms with van der Waals surface area (Å²) in [6.45, 7) is 7.94. The van der Waals surface area contributed by atoms with Crippen LogP contribution in [0.2, 0.25) is 0 Å². The zero-order valence-electron chi connectivity index (χ0n) is 12.4. The average Bonchev–Trinajstić information content (AvgIpc) is 2.37. The topological polar surface area (TPSA) is 95.1 Å². The van der Waals surface area contributed by atoms with Crippen LogP contribution >= 0.6 is 0 Å². The molecule has 0 fully saturated rings. The fourth-order valence-corrected chi connectivity index (χ4v) is 1.96. The Kier molecular flexibility index (Phi) is 6.93. The van der Waals surface area contributed by atoms with E-state index in [4.69, 9.17) is 9.84 Å². The lowest BCUT2D eigenvalue weighted by Crippen LogP contribution is -2.20. The van der Waals surface area contributed by atoms with Crippen LogP contribution in [0, 0.1) is 20.8 Å². The summed E-state index contributed by atoms with van der Waals surface area (Å²) in [5.41, 5.74) is 4.15. The van der Waals surface area contributed by atoms with Crippen molar-refractivity contribution in [3.05, 3.63) is 28.3 Å². The molecule has 0 aromatic heterocycles. The lowest BCUT2D eigenvalue weighted by molar-refractivity contribution is -0.158. The van der Waals surface area contributed by atoms with E-state index in [0.717, 1.165) is 36.0 Å². The zero-order chi connectivity index (χ0) is 14.6. The first-order valence-electron chi connectivity index (χ1n) is 6.43. The third-order valence-corrected chi connectivity index (χ3v) is 3.46. The first kappa shape index (κ1) is 18.1. The maximum absolute atomic E-state index is 11.2. The SMILES string of the molecule is CCCCc1cc(OC(=O)C(=O)O)c(C)c(C)c1C.O.